The van der Waals surface area contributed by atoms with Crippen LogP contribution >= 0.6 is 11.6 Å². The summed E-state index contributed by atoms with van der Waals surface area (Å²) in [5, 5.41) is 10.3. The molecule has 0 aromatic heterocycles. The molecule has 130 valence electrons. The normalized spacial score (nSPS) is 16.6. The van der Waals surface area contributed by atoms with Crippen molar-refractivity contribution in [2.45, 2.75) is 50.6 Å². The molecule has 8 heteroatoms. The topological polar surface area (TPSA) is 72.5 Å². The number of hydrogen-bond donors (Lipinski definition) is 2. The Kier molecular flexibility index (Phi) is 5.72. The molecule has 4 nitrogen and oxygen atoms in total. The van der Waals surface area contributed by atoms with Crippen LogP contribution in [-0.4, -0.2) is 34.5 Å². The Bertz CT molecular complexity index is 572. The molecule has 0 saturated carbocycles. The first-order valence-corrected chi connectivity index (χ1v) is 7.16. The highest BCUT2D eigenvalue weighted by Gasteiger charge is 2.60. The fourth-order valence-electron chi connectivity index (χ4n) is 1.90. The van der Waals surface area contributed by atoms with Crippen molar-refractivity contribution in [2.24, 2.45) is 5.73 Å². The first-order valence-electron chi connectivity index (χ1n) is 6.78. The molecule has 0 radical (unpaired) electrons. The molecule has 0 aliphatic carbocycles. The third-order valence-electron chi connectivity index (χ3n) is 3.03. The minimum atomic E-state index is -5.13. The van der Waals surface area contributed by atoms with Gasteiger partial charge >= 0.3 is 12.1 Å². The van der Waals surface area contributed by atoms with E-state index in [1.54, 1.807) is 0 Å². The van der Waals surface area contributed by atoms with Gasteiger partial charge in [-0.25, -0.2) is 0 Å². The van der Waals surface area contributed by atoms with Gasteiger partial charge in [0.2, 0.25) is 0 Å². The molecular formula is C15H19ClF3NO3. The lowest BCUT2D eigenvalue weighted by Gasteiger charge is -2.35. The predicted octanol–water partition coefficient (Wildman–Crippen LogP) is 2.84. The van der Waals surface area contributed by atoms with Gasteiger partial charge in [0.25, 0.3) is 0 Å². The second-order valence-electron chi connectivity index (χ2n) is 6.24. The summed E-state index contributed by atoms with van der Waals surface area (Å²) in [5.41, 5.74) is 0.989. The van der Waals surface area contributed by atoms with Crippen molar-refractivity contribution in [3.8, 4) is 0 Å². The number of alkyl halides is 3. The number of hydrogen-bond acceptors (Lipinski definition) is 4. The minimum Gasteiger partial charge on any atom is -0.459 e. The van der Waals surface area contributed by atoms with Crippen molar-refractivity contribution >= 4 is 17.6 Å². The fourth-order valence-corrected chi connectivity index (χ4v) is 2.12. The monoisotopic (exact) mass is 353 g/mol. The van der Waals surface area contributed by atoms with Crippen LogP contribution in [0, 0.1) is 0 Å². The van der Waals surface area contributed by atoms with Gasteiger partial charge in [-0.15, -0.1) is 0 Å². The summed E-state index contributed by atoms with van der Waals surface area (Å²) in [6.07, 6.45) is -6.05. The van der Waals surface area contributed by atoms with Gasteiger partial charge in [0.05, 0.1) is 0 Å². The molecule has 0 unspecified atom stereocenters. The van der Waals surface area contributed by atoms with Crippen LogP contribution in [0.1, 0.15) is 26.3 Å². The van der Waals surface area contributed by atoms with Gasteiger partial charge in [0, 0.05) is 11.4 Å². The summed E-state index contributed by atoms with van der Waals surface area (Å²) in [7, 11) is 0. The largest absolute Gasteiger partial charge is 0.459 e. The van der Waals surface area contributed by atoms with Crippen molar-refractivity contribution in [2.75, 3.05) is 0 Å². The van der Waals surface area contributed by atoms with Gasteiger partial charge in [-0.2, -0.15) is 13.2 Å². The molecule has 0 fully saturated rings. The van der Waals surface area contributed by atoms with E-state index in [9.17, 15) is 23.1 Å². The Labute approximate surface area is 137 Å². The molecule has 0 spiro atoms. The van der Waals surface area contributed by atoms with E-state index >= 15 is 0 Å². The Morgan fingerprint density at radius 1 is 1.35 bits per heavy atom. The van der Waals surface area contributed by atoms with E-state index < -0.39 is 35.8 Å². The average Bonchev–Trinajstić information content (AvgIpc) is 2.34. The lowest BCUT2D eigenvalue weighted by Crippen LogP contribution is -2.63. The van der Waals surface area contributed by atoms with Crippen LogP contribution in [0.5, 0.6) is 0 Å². The number of carbonyl (C=O) groups is 1. The zero-order chi connectivity index (χ0) is 18.1. The Hall–Kier alpha value is -1.31. The van der Waals surface area contributed by atoms with E-state index in [0.717, 1.165) is 0 Å². The summed E-state index contributed by atoms with van der Waals surface area (Å²) >= 11 is 5.73. The molecule has 3 N–H and O–H groups in total. The number of esters is 1. The highest BCUT2D eigenvalue weighted by Crippen LogP contribution is 2.36. The van der Waals surface area contributed by atoms with E-state index in [4.69, 9.17) is 22.1 Å². The molecule has 23 heavy (non-hydrogen) atoms. The molecule has 0 heterocycles. The molecule has 2 atom stereocenters. The van der Waals surface area contributed by atoms with Gasteiger partial charge in [0.1, 0.15) is 11.6 Å². The first kappa shape index (κ1) is 19.7. The van der Waals surface area contributed by atoms with Crippen molar-refractivity contribution in [1.82, 2.24) is 0 Å². The van der Waals surface area contributed by atoms with Crippen LogP contribution in [0.25, 0.3) is 0 Å². The molecule has 0 amide bonds. The number of halogens is 4. The zero-order valence-corrected chi connectivity index (χ0v) is 13.7. The Morgan fingerprint density at radius 2 is 1.91 bits per heavy atom. The Balaban J connectivity index is 3.14. The number of nitrogens with two attached hydrogens (primary N) is 1. The van der Waals surface area contributed by atoms with Gasteiger partial charge in [0.15, 0.2) is 5.60 Å². The highest BCUT2D eigenvalue weighted by atomic mass is 35.5. The van der Waals surface area contributed by atoms with Crippen LogP contribution in [-0.2, 0) is 16.0 Å². The van der Waals surface area contributed by atoms with Crippen LogP contribution < -0.4 is 5.73 Å². The average molecular weight is 354 g/mol. The quantitative estimate of drug-likeness (QED) is 0.816. The smallest absolute Gasteiger partial charge is 0.419 e. The lowest BCUT2D eigenvalue weighted by molar-refractivity contribution is -0.268. The zero-order valence-electron chi connectivity index (χ0n) is 12.9. The predicted molar refractivity (Wildman–Crippen MR) is 80.0 cm³/mol. The summed E-state index contributed by atoms with van der Waals surface area (Å²) in [5.74, 6) is -1.33. The second kappa shape index (κ2) is 6.67. The number of benzene rings is 1. The standard InChI is InChI=1S/C15H19ClF3NO3/c1-13(2,3)23-12(21)11(20)14(22,15(17,18)19)8-9-5-4-6-10(16)7-9/h4-7,11,22H,8,20H2,1-3H3/t11-,14-/m1/s1. The summed E-state index contributed by atoms with van der Waals surface area (Å²) < 4.78 is 44.9. The van der Waals surface area contributed by atoms with Crippen molar-refractivity contribution in [3.63, 3.8) is 0 Å². The van der Waals surface area contributed by atoms with Gasteiger partial charge in [-0.05, 0) is 38.5 Å². The van der Waals surface area contributed by atoms with Crippen LogP contribution in [0.4, 0.5) is 13.2 Å². The maximum Gasteiger partial charge on any atom is 0.419 e. The van der Waals surface area contributed by atoms with E-state index in [1.807, 2.05) is 0 Å². The number of rotatable bonds is 4. The molecule has 1 rings (SSSR count). The van der Waals surface area contributed by atoms with Crippen molar-refractivity contribution in [1.29, 1.82) is 0 Å². The van der Waals surface area contributed by atoms with Crippen LogP contribution in [0.3, 0.4) is 0 Å². The first-order chi connectivity index (χ1) is 10.3. The van der Waals surface area contributed by atoms with E-state index in [2.05, 4.69) is 0 Å². The second-order valence-corrected chi connectivity index (χ2v) is 6.68. The Morgan fingerprint density at radius 3 is 2.35 bits per heavy atom. The molecular weight excluding hydrogens is 335 g/mol. The molecule has 0 aliphatic heterocycles. The highest BCUT2D eigenvalue weighted by molar-refractivity contribution is 6.30. The number of carbonyl (C=O) groups excluding carboxylic acids is 1. The van der Waals surface area contributed by atoms with E-state index in [0.29, 0.717) is 0 Å². The van der Waals surface area contributed by atoms with E-state index in [-0.39, 0.29) is 10.6 Å². The minimum absolute atomic E-state index is 0.0938. The van der Waals surface area contributed by atoms with Gasteiger partial charge in [-0.3, -0.25) is 4.79 Å². The third-order valence-corrected chi connectivity index (χ3v) is 3.26. The van der Waals surface area contributed by atoms with Gasteiger partial charge in [-0.1, -0.05) is 23.7 Å². The molecule has 1 aromatic carbocycles. The lowest BCUT2D eigenvalue weighted by atomic mass is 9.86. The molecule has 0 saturated heterocycles. The SMILES string of the molecule is CC(C)(C)OC(=O)[C@@H](N)[C@](O)(Cc1cccc(Cl)c1)C(F)(F)F. The third kappa shape index (κ3) is 5.09. The summed E-state index contributed by atoms with van der Waals surface area (Å²) in [6.45, 7) is 4.46. The van der Waals surface area contributed by atoms with Crippen LogP contribution in [0.15, 0.2) is 24.3 Å². The molecule has 0 bridgehead atoms. The summed E-state index contributed by atoms with van der Waals surface area (Å²) in [6, 6.07) is 3.24. The van der Waals surface area contributed by atoms with Crippen LogP contribution in [0.2, 0.25) is 5.02 Å². The summed E-state index contributed by atoms with van der Waals surface area (Å²) in [4.78, 5) is 11.9. The number of ether oxygens (including phenoxy) is 1. The van der Waals surface area contributed by atoms with Crippen molar-refractivity contribution < 1.29 is 27.8 Å². The maximum atomic E-state index is 13.4. The number of aliphatic hydroxyl groups is 1. The van der Waals surface area contributed by atoms with E-state index in [1.165, 1.54) is 45.0 Å². The molecule has 1 aromatic rings. The van der Waals surface area contributed by atoms with Crippen molar-refractivity contribution in [3.05, 3.63) is 34.9 Å². The van der Waals surface area contributed by atoms with Gasteiger partial charge < -0.3 is 15.6 Å². The maximum absolute atomic E-state index is 13.4. The fraction of sp³-hybridized carbons (Fsp3) is 0.533. The molecule has 0 aliphatic rings.